The number of imide groups is 1. The number of sulfonamides is 1. The summed E-state index contributed by atoms with van der Waals surface area (Å²) in [5.41, 5.74) is 2.08. The number of amides is 4. The van der Waals surface area contributed by atoms with Crippen LogP contribution in [0.3, 0.4) is 0 Å². The Hall–Kier alpha value is -4.59. The van der Waals surface area contributed by atoms with Crippen molar-refractivity contribution in [3.8, 4) is 0 Å². The average molecular weight is 650 g/mol. The Morgan fingerprint density at radius 3 is 2.15 bits per heavy atom. The summed E-state index contributed by atoms with van der Waals surface area (Å²) in [6, 6.07) is 22.5. The van der Waals surface area contributed by atoms with E-state index < -0.39 is 46.6 Å². The van der Waals surface area contributed by atoms with Crippen molar-refractivity contribution in [1.82, 2.24) is 19.4 Å². The molecule has 13 heteroatoms. The predicted molar refractivity (Wildman–Crippen MR) is 171 cm³/mol. The number of hydrogen-bond donors (Lipinski definition) is 3. The van der Waals surface area contributed by atoms with Crippen molar-refractivity contribution in [2.75, 3.05) is 26.2 Å². The molecule has 0 aliphatic carbocycles. The van der Waals surface area contributed by atoms with Crippen LogP contribution in [0.25, 0.3) is 0 Å². The molecule has 3 aromatic carbocycles. The normalized spacial score (nSPS) is 15.2. The fourth-order valence-corrected chi connectivity index (χ4v) is 6.79. The summed E-state index contributed by atoms with van der Waals surface area (Å²) in [4.78, 5) is 41.2. The number of urea groups is 1. The quantitative estimate of drug-likeness (QED) is 0.0988. The van der Waals surface area contributed by atoms with Gasteiger partial charge in [0.25, 0.3) is 5.91 Å². The summed E-state index contributed by atoms with van der Waals surface area (Å²) in [5, 5.41) is 26.0. The molecule has 0 bridgehead atoms. The second kappa shape index (κ2) is 15.6. The topological polar surface area (TPSA) is 160 Å². The molecule has 2 atom stereocenters. The van der Waals surface area contributed by atoms with Crippen LogP contribution in [0.2, 0.25) is 0 Å². The van der Waals surface area contributed by atoms with Crippen molar-refractivity contribution in [2.24, 2.45) is 11.1 Å². The van der Waals surface area contributed by atoms with Gasteiger partial charge < -0.3 is 20.5 Å². The molecule has 4 rings (SSSR count). The summed E-state index contributed by atoms with van der Waals surface area (Å²) in [6.07, 6.45) is 0.0323. The lowest BCUT2D eigenvalue weighted by Gasteiger charge is -2.31. The van der Waals surface area contributed by atoms with Crippen LogP contribution in [0.15, 0.2) is 95.0 Å². The van der Waals surface area contributed by atoms with E-state index in [1.165, 1.54) is 34.8 Å². The molecule has 0 aromatic heterocycles. The molecule has 1 heterocycles. The van der Waals surface area contributed by atoms with Gasteiger partial charge in [-0.15, -0.1) is 0 Å². The zero-order chi connectivity index (χ0) is 33.3. The highest BCUT2D eigenvalue weighted by molar-refractivity contribution is 7.89. The third kappa shape index (κ3) is 8.99. The molecule has 1 fully saturated rings. The summed E-state index contributed by atoms with van der Waals surface area (Å²) in [5.74, 6) is -1.10. The van der Waals surface area contributed by atoms with Gasteiger partial charge in [0.1, 0.15) is 13.1 Å². The van der Waals surface area contributed by atoms with Gasteiger partial charge >= 0.3 is 6.03 Å². The molecule has 1 saturated heterocycles. The Morgan fingerprint density at radius 2 is 1.57 bits per heavy atom. The largest absolute Gasteiger partial charge is 0.411 e. The van der Waals surface area contributed by atoms with E-state index in [0.29, 0.717) is 5.56 Å². The van der Waals surface area contributed by atoms with E-state index in [1.807, 2.05) is 62.4 Å². The minimum Gasteiger partial charge on any atom is -0.411 e. The number of aliphatic hydroxyl groups excluding tert-OH is 1. The maximum absolute atomic E-state index is 13.7. The van der Waals surface area contributed by atoms with Crippen molar-refractivity contribution in [1.29, 1.82) is 0 Å². The van der Waals surface area contributed by atoms with Gasteiger partial charge in [0, 0.05) is 13.1 Å². The van der Waals surface area contributed by atoms with E-state index in [0.717, 1.165) is 20.9 Å². The molecular formula is C33H39N5O7S. The average Bonchev–Trinajstić information content (AvgIpc) is 3.28. The van der Waals surface area contributed by atoms with Crippen LogP contribution in [-0.4, -0.2) is 95.2 Å². The van der Waals surface area contributed by atoms with Crippen molar-refractivity contribution in [3.05, 3.63) is 102 Å². The number of carbonyl (C=O) groups excluding carboxylic acids is 3. The molecule has 0 spiro atoms. The summed E-state index contributed by atoms with van der Waals surface area (Å²) in [6.45, 7) is 2.92. The van der Waals surface area contributed by atoms with Crippen LogP contribution >= 0.6 is 0 Å². The lowest BCUT2D eigenvalue weighted by molar-refractivity contribution is -0.125. The standard InChI is InChI=1S/C33H39N5O7S/c1-24(2)19-37(46(44,45)28-15-13-26(14-16-28)18-34-43)21-30(39)29(17-25-9-5-3-6-10-25)35-31(40)22-36-23-32(41)38(33(36)42)20-27-11-7-4-8-12-27/h3-16,18,24,29-30,39,43H,17,19-23H2,1-2H3,(H,35,40)/t29-,30+/m0/s1. The van der Waals surface area contributed by atoms with E-state index in [9.17, 15) is 27.9 Å². The predicted octanol–water partition coefficient (Wildman–Crippen LogP) is 2.69. The first-order valence-electron chi connectivity index (χ1n) is 14.9. The smallest absolute Gasteiger partial charge is 0.328 e. The molecule has 12 nitrogen and oxygen atoms in total. The number of benzene rings is 3. The van der Waals surface area contributed by atoms with Gasteiger partial charge in [-0.2, -0.15) is 4.31 Å². The van der Waals surface area contributed by atoms with E-state index >= 15 is 0 Å². The molecule has 0 unspecified atom stereocenters. The van der Waals surface area contributed by atoms with Gasteiger partial charge in [0.15, 0.2) is 0 Å². The van der Waals surface area contributed by atoms with Crippen molar-refractivity contribution >= 4 is 34.1 Å². The highest BCUT2D eigenvalue weighted by Gasteiger charge is 2.38. The van der Waals surface area contributed by atoms with Gasteiger partial charge in [-0.3, -0.25) is 14.5 Å². The maximum atomic E-state index is 13.7. The summed E-state index contributed by atoms with van der Waals surface area (Å²) < 4.78 is 28.6. The van der Waals surface area contributed by atoms with Crippen LogP contribution in [0.1, 0.15) is 30.5 Å². The third-order valence-electron chi connectivity index (χ3n) is 7.44. The van der Waals surface area contributed by atoms with Crippen LogP contribution in [0.4, 0.5) is 4.79 Å². The molecule has 4 amide bonds. The van der Waals surface area contributed by atoms with Crippen LogP contribution in [-0.2, 0) is 32.6 Å². The zero-order valence-corrected chi connectivity index (χ0v) is 26.6. The highest BCUT2D eigenvalue weighted by atomic mass is 32.2. The van der Waals surface area contributed by atoms with Crippen molar-refractivity contribution < 1.29 is 33.1 Å². The SMILES string of the molecule is CC(C)CN(C[C@@H](O)[C@H](Cc1ccccc1)NC(=O)CN1CC(=O)N(Cc2ccccc2)C1=O)S(=O)(=O)c1ccc(C=NO)cc1. The fraction of sp³-hybridized carbons (Fsp3) is 0.333. The van der Waals surface area contributed by atoms with E-state index in [4.69, 9.17) is 5.21 Å². The van der Waals surface area contributed by atoms with Gasteiger partial charge in [-0.25, -0.2) is 13.2 Å². The molecule has 1 aliphatic rings. The molecule has 3 aromatic rings. The van der Waals surface area contributed by atoms with Crippen LogP contribution in [0, 0.1) is 5.92 Å². The van der Waals surface area contributed by atoms with Gasteiger partial charge in [0.05, 0.1) is 29.8 Å². The summed E-state index contributed by atoms with van der Waals surface area (Å²) >= 11 is 0. The van der Waals surface area contributed by atoms with Gasteiger partial charge in [-0.1, -0.05) is 91.8 Å². The van der Waals surface area contributed by atoms with Crippen molar-refractivity contribution in [2.45, 2.75) is 43.9 Å². The van der Waals surface area contributed by atoms with E-state index in [1.54, 1.807) is 12.1 Å². The highest BCUT2D eigenvalue weighted by Crippen LogP contribution is 2.20. The Kier molecular flexibility index (Phi) is 11.6. The van der Waals surface area contributed by atoms with E-state index in [-0.39, 0.29) is 43.4 Å². The lowest BCUT2D eigenvalue weighted by atomic mass is 10.0. The van der Waals surface area contributed by atoms with E-state index in [2.05, 4.69) is 10.5 Å². The second-order valence-electron chi connectivity index (χ2n) is 11.6. The van der Waals surface area contributed by atoms with Gasteiger partial charge in [0.2, 0.25) is 15.9 Å². The number of oxime groups is 1. The monoisotopic (exact) mass is 649 g/mol. The van der Waals surface area contributed by atoms with Crippen LogP contribution in [0.5, 0.6) is 0 Å². The van der Waals surface area contributed by atoms with Crippen molar-refractivity contribution in [3.63, 3.8) is 0 Å². The fourth-order valence-electron chi connectivity index (χ4n) is 5.17. The molecule has 0 radical (unpaired) electrons. The van der Waals surface area contributed by atoms with Gasteiger partial charge in [-0.05, 0) is 41.2 Å². The number of nitrogens with one attached hydrogen (secondary N) is 1. The minimum absolute atomic E-state index is 0.00338. The molecule has 46 heavy (non-hydrogen) atoms. The summed E-state index contributed by atoms with van der Waals surface area (Å²) in [7, 11) is -4.06. The zero-order valence-electron chi connectivity index (χ0n) is 25.8. The Morgan fingerprint density at radius 1 is 0.957 bits per heavy atom. The van der Waals surface area contributed by atoms with Crippen LogP contribution < -0.4 is 5.32 Å². The Bertz CT molecular complexity index is 1620. The Balaban J connectivity index is 1.50. The second-order valence-corrected chi connectivity index (χ2v) is 13.5. The first kappa shape index (κ1) is 34.3. The molecule has 3 N–H and O–H groups in total. The lowest BCUT2D eigenvalue weighted by Crippen LogP contribution is -2.53. The molecular weight excluding hydrogens is 610 g/mol. The number of nitrogens with zero attached hydrogens (tertiary/aromatic N) is 4. The minimum atomic E-state index is -4.06. The number of aliphatic hydroxyl groups is 1. The molecule has 0 saturated carbocycles. The number of rotatable bonds is 15. The number of carbonyl (C=O) groups is 3. The molecule has 244 valence electrons. The third-order valence-corrected chi connectivity index (χ3v) is 9.29. The Labute approximate surface area is 269 Å². The first-order chi connectivity index (χ1) is 22.0. The first-order valence-corrected chi connectivity index (χ1v) is 16.3. The molecule has 1 aliphatic heterocycles. The maximum Gasteiger partial charge on any atom is 0.328 e. The number of hydrogen-bond acceptors (Lipinski definition) is 8.